The Kier molecular flexibility index (Phi) is 3.27. The molecule has 3 aromatic rings. The number of rotatable bonds is 2. The Bertz CT molecular complexity index is 738. The minimum atomic E-state index is -0.853. The molecule has 1 nitrogen and oxygen atoms in total. The van der Waals surface area contributed by atoms with Crippen molar-refractivity contribution in [1.82, 2.24) is 0 Å². The SMILES string of the molecule is OC(c1ccc(Cl)c(F)c1)c1cccc2ccsc12. The molecule has 0 saturated carbocycles. The smallest absolute Gasteiger partial charge is 0.142 e. The molecule has 4 heteroatoms. The predicted molar refractivity (Wildman–Crippen MR) is 77.3 cm³/mol. The van der Waals surface area contributed by atoms with Crippen molar-refractivity contribution in [3.8, 4) is 0 Å². The standard InChI is InChI=1S/C15H10ClFOS/c16-12-5-4-10(8-13(12)17)14(18)11-3-1-2-9-6-7-19-15(9)11/h1-8,14,18H. The topological polar surface area (TPSA) is 20.2 Å². The van der Waals surface area contributed by atoms with Gasteiger partial charge >= 0.3 is 0 Å². The lowest BCUT2D eigenvalue weighted by atomic mass is 10.0. The first kappa shape index (κ1) is 12.6. The molecule has 3 rings (SSSR count). The van der Waals surface area contributed by atoms with E-state index in [-0.39, 0.29) is 5.02 Å². The van der Waals surface area contributed by atoms with Crippen LogP contribution in [-0.2, 0) is 0 Å². The molecule has 1 atom stereocenters. The Balaban J connectivity index is 2.10. The second-order valence-electron chi connectivity index (χ2n) is 4.26. The van der Waals surface area contributed by atoms with Gasteiger partial charge in [0.05, 0.1) is 5.02 Å². The number of hydrogen-bond acceptors (Lipinski definition) is 2. The molecule has 0 aliphatic heterocycles. The molecule has 2 aromatic carbocycles. The number of hydrogen-bond donors (Lipinski definition) is 1. The zero-order chi connectivity index (χ0) is 13.4. The third-order valence-corrected chi connectivity index (χ3v) is 4.35. The van der Waals surface area contributed by atoms with Gasteiger partial charge in [0, 0.05) is 10.3 Å². The zero-order valence-electron chi connectivity index (χ0n) is 9.81. The van der Waals surface area contributed by atoms with Crippen molar-refractivity contribution in [2.45, 2.75) is 6.10 Å². The summed E-state index contributed by atoms with van der Waals surface area (Å²) in [5, 5.41) is 13.5. The van der Waals surface area contributed by atoms with E-state index in [2.05, 4.69) is 0 Å². The van der Waals surface area contributed by atoms with Gasteiger partial charge in [0.2, 0.25) is 0 Å². The Morgan fingerprint density at radius 1 is 1.16 bits per heavy atom. The van der Waals surface area contributed by atoms with E-state index in [4.69, 9.17) is 11.6 Å². The average molecular weight is 293 g/mol. The molecule has 0 amide bonds. The van der Waals surface area contributed by atoms with Crippen molar-refractivity contribution in [2.75, 3.05) is 0 Å². The van der Waals surface area contributed by atoms with Crippen molar-refractivity contribution in [3.05, 3.63) is 69.8 Å². The largest absolute Gasteiger partial charge is 0.384 e. The van der Waals surface area contributed by atoms with Gasteiger partial charge < -0.3 is 5.11 Å². The lowest BCUT2D eigenvalue weighted by Gasteiger charge is -2.13. The molecule has 0 saturated heterocycles. The molecule has 1 aromatic heterocycles. The van der Waals surface area contributed by atoms with E-state index >= 15 is 0 Å². The second kappa shape index (κ2) is 4.93. The summed E-state index contributed by atoms with van der Waals surface area (Å²) in [6.07, 6.45) is -0.853. The normalized spacial score (nSPS) is 12.8. The number of aliphatic hydroxyl groups is 1. The van der Waals surface area contributed by atoms with Crippen molar-refractivity contribution in [1.29, 1.82) is 0 Å². The van der Waals surface area contributed by atoms with Crippen LogP contribution in [0.5, 0.6) is 0 Å². The molecule has 0 fully saturated rings. The van der Waals surface area contributed by atoms with Gasteiger partial charge in [-0.3, -0.25) is 0 Å². The molecule has 1 N–H and O–H groups in total. The molecular weight excluding hydrogens is 283 g/mol. The van der Waals surface area contributed by atoms with Gasteiger partial charge in [0.1, 0.15) is 11.9 Å². The third kappa shape index (κ3) is 2.25. The maximum absolute atomic E-state index is 13.5. The van der Waals surface area contributed by atoms with Crippen LogP contribution in [0.25, 0.3) is 10.1 Å². The van der Waals surface area contributed by atoms with Gasteiger partial charge in [0.15, 0.2) is 0 Å². The Morgan fingerprint density at radius 3 is 2.79 bits per heavy atom. The van der Waals surface area contributed by atoms with Crippen molar-refractivity contribution in [3.63, 3.8) is 0 Å². The van der Waals surface area contributed by atoms with E-state index < -0.39 is 11.9 Å². The summed E-state index contributed by atoms with van der Waals surface area (Å²) in [4.78, 5) is 0. The summed E-state index contributed by atoms with van der Waals surface area (Å²) >= 11 is 7.22. The highest BCUT2D eigenvalue weighted by Gasteiger charge is 2.15. The molecule has 0 aliphatic rings. The van der Waals surface area contributed by atoms with E-state index in [9.17, 15) is 9.50 Å². The van der Waals surface area contributed by atoms with Gasteiger partial charge in [-0.15, -0.1) is 11.3 Å². The lowest BCUT2D eigenvalue weighted by Crippen LogP contribution is -2.00. The Hall–Kier alpha value is -1.42. The average Bonchev–Trinajstić information content (AvgIpc) is 2.89. The highest BCUT2D eigenvalue weighted by molar-refractivity contribution is 7.17. The maximum atomic E-state index is 13.5. The number of fused-ring (bicyclic) bond motifs is 1. The number of aliphatic hydroxyl groups excluding tert-OH is 1. The fraction of sp³-hybridized carbons (Fsp3) is 0.0667. The van der Waals surface area contributed by atoms with Crippen LogP contribution < -0.4 is 0 Å². The van der Waals surface area contributed by atoms with Crippen LogP contribution in [0, 0.1) is 5.82 Å². The first-order valence-corrected chi connectivity index (χ1v) is 7.02. The van der Waals surface area contributed by atoms with E-state index in [0.717, 1.165) is 15.6 Å². The third-order valence-electron chi connectivity index (χ3n) is 3.06. The van der Waals surface area contributed by atoms with Crippen LogP contribution in [0.2, 0.25) is 5.02 Å². The quantitative estimate of drug-likeness (QED) is 0.721. The van der Waals surface area contributed by atoms with Gasteiger partial charge in [-0.1, -0.05) is 35.9 Å². The zero-order valence-corrected chi connectivity index (χ0v) is 11.4. The van der Waals surface area contributed by atoms with Crippen LogP contribution in [0.1, 0.15) is 17.2 Å². The Labute approximate surface area is 118 Å². The van der Waals surface area contributed by atoms with E-state index in [1.54, 1.807) is 17.4 Å². The fourth-order valence-electron chi connectivity index (χ4n) is 2.09. The molecule has 1 unspecified atom stereocenters. The van der Waals surface area contributed by atoms with Crippen LogP contribution in [0.4, 0.5) is 4.39 Å². The first-order valence-electron chi connectivity index (χ1n) is 5.76. The summed E-state index contributed by atoms with van der Waals surface area (Å²) < 4.78 is 14.5. The summed E-state index contributed by atoms with van der Waals surface area (Å²) in [5.74, 6) is -0.517. The van der Waals surface area contributed by atoms with Crippen LogP contribution in [0.3, 0.4) is 0 Å². The minimum absolute atomic E-state index is 0.0604. The van der Waals surface area contributed by atoms with Crippen LogP contribution in [-0.4, -0.2) is 5.11 Å². The summed E-state index contributed by atoms with van der Waals surface area (Å²) in [7, 11) is 0. The summed E-state index contributed by atoms with van der Waals surface area (Å²) in [6, 6.07) is 12.1. The number of benzene rings is 2. The predicted octanol–water partition coefficient (Wildman–Crippen LogP) is 4.78. The molecule has 0 radical (unpaired) electrons. The fourth-order valence-corrected chi connectivity index (χ4v) is 3.15. The van der Waals surface area contributed by atoms with E-state index in [1.807, 2.05) is 29.6 Å². The van der Waals surface area contributed by atoms with Crippen molar-refractivity contribution < 1.29 is 9.50 Å². The molecule has 0 bridgehead atoms. The molecule has 96 valence electrons. The summed E-state index contributed by atoms with van der Waals surface area (Å²) in [6.45, 7) is 0. The molecule has 19 heavy (non-hydrogen) atoms. The molecular formula is C15H10ClFOS. The lowest BCUT2D eigenvalue weighted by molar-refractivity contribution is 0.221. The van der Waals surface area contributed by atoms with Gasteiger partial charge in [0.25, 0.3) is 0 Å². The number of halogens is 2. The molecule has 0 aliphatic carbocycles. The van der Waals surface area contributed by atoms with Crippen LogP contribution >= 0.6 is 22.9 Å². The second-order valence-corrected chi connectivity index (χ2v) is 5.59. The first-order chi connectivity index (χ1) is 9.16. The minimum Gasteiger partial charge on any atom is -0.384 e. The monoisotopic (exact) mass is 292 g/mol. The molecule has 0 spiro atoms. The van der Waals surface area contributed by atoms with Crippen molar-refractivity contribution >= 4 is 33.0 Å². The van der Waals surface area contributed by atoms with Gasteiger partial charge in [-0.2, -0.15) is 0 Å². The highest BCUT2D eigenvalue weighted by atomic mass is 35.5. The molecule has 1 heterocycles. The summed E-state index contributed by atoms with van der Waals surface area (Å²) in [5.41, 5.74) is 1.29. The Morgan fingerprint density at radius 2 is 2.00 bits per heavy atom. The van der Waals surface area contributed by atoms with Crippen LogP contribution in [0.15, 0.2) is 47.8 Å². The highest BCUT2D eigenvalue weighted by Crippen LogP contribution is 2.33. The van der Waals surface area contributed by atoms with Gasteiger partial charge in [-0.25, -0.2) is 4.39 Å². The maximum Gasteiger partial charge on any atom is 0.142 e. The van der Waals surface area contributed by atoms with Gasteiger partial charge in [-0.05, 0) is 34.5 Å². The van der Waals surface area contributed by atoms with E-state index in [0.29, 0.717) is 5.56 Å². The number of thiophene rings is 1. The van der Waals surface area contributed by atoms with E-state index in [1.165, 1.54) is 12.1 Å². The van der Waals surface area contributed by atoms with Crippen molar-refractivity contribution in [2.24, 2.45) is 0 Å².